The van der Waals surface area contributed by atoms with Crippen molar-refractivity contribution < 1.29 is 43.7 Å². The Morgan fingerprint density at radius 1 is 0.571 bits per heavy atom. The van der Waals surface area contributed by atoms with Gasteiger partial charge in [-0.15, -0.1) is 0 Å². The van der Waals surface area contributed by atoms with Crippen LogP contribution in [0.5, 0.6) is 0 Å². The van der Waals surface area contributed by atoms with Crippen LogP contribution in [0, 0.1) is 34.1 Å². The first-order chi connectivity index (χ1) is 30.2. The third-order valence-corrected chi connectivity index (χ3v) is 20.7. The van der Waals surface area contributed by atoms with Gasteiger partial charge in [0.2, 0.25) is 0 Å². The number of rotatable bonds is 20. The van der Waals surface area contributed by atoms with E-state index in [0.717, 1.165) is 23.3 Å². The fraction of sp³-hybridized carbons (Fsp3) is 0.370. The van der Waals surface area contributed by atoms with Crippen molar-refractivity contribution in [3.8, 4) is 0 Å². The summed E-state index contributed by atoms with van der Waals surface area (Å²) in [6.07, 6.45) is 15.9. The molecule has 63 heavy (non-hydrogen) atoms. The molecule has 0 radical (unpaired) electrons. The molecule has 0 heterocycles. The quantitative estimate of drug-likeness (QED) is 0.0655. The molecular formula is C54H62F4N2O2Ti. The third kappa shape index (κ3) is 10.1. The zero-order valence-electron chi connectivity index (χ0n) is 37.8. The van der Waals surface area contributed by atoms with Gasteiger partial charge in [-0.2, -0.15) is 0 Å². The number of nitrogens with zero attached hydrogens (tertiary/aromatic N) is 2. The molecule has 4 nitrogen and oxygen atoms in total. The molecule has 0 spiro atoms. The summed E-state index contributed by atoms with van der Waals surface area (Å²) in [5.41, 5.74) is 0.127. The number of hydrogen-bond acceptors (Lipinski definition) is 2. The Morgan fingerprint density at radius 3 is 1.29 bits per heavy atom. The van der Waals surface area contributed by atoms with Crippen molar-refractivity contribution in [3.63, 3.8) is 0 Å². The summed E-state index contributed by atoms with van der Waals surface area (Å²) in [6, 6.07) is 24.6. The minimum atomic E-state index is -5.39. The number of carbonyl (C=O) groups is 2. The molecule has 9 heteroatoms. The van der Waals surface area contributed by atoms with E-state index in [1.54, 1.807) is 24.3 Å². The molecule has 332 valence electrons. The van der Waals surface area contributed by atoms with Crippen LogP contribution >= 0.6 is 0 Å². The fourth-order valence-corrected chi connectivity index (χ4v) is 17.9. The van der Waals surface area contributed by atoms with Crippen LogP contribution in [0.2, 0.25) is 0 Å². The van der Waals surface area contributed by atoms with Crippen LogP contribution in [-0.2, 0) is 39.0 Å². The third-order valence-electron chi connectivity index (χ3n) is 12.8. The number of benzene rings is 4. The van der Waals surface area contributed by atoms with Crippen LogP contribution in [0.15, 0.2) is 129 Å². The Balaban J connectivity index is 1.59. The Bertz CT molecular complexity index is 2220. The maximum absolute atomic E-state index is 18.4. The van der Waals surface area contributed by atoms with E-state index in [4.69, 9.17) is 0 Å². The van der Waals surface area contributed by atoms with E-state index in [0.29, 0.717) is 59.1 Å². The molecular weight excluding hydrogens is 832 g/mol. The number of carbonyl (C=O) groups excluding carboxylic acids is 2. The molecule has 0 fully saturated rings. The number of amides is 2. The predicted octanol–water partition coefficient (Wildman–Crippen LogP) is 12.6. The monoisotopic (exact) mass is 894 g/mol. The SMILES string of the molecule is CCCC(C)(C)C(=O)N(CCCc1ccccc1)c1ccc(F)[c]([Ti]([C]2=CC=CC2)([C]2=CC=CC2)[c]2c(F)ccc(N(CCCc3ccccc3)C(=O)C(C)(C)CCC)c2F)c1F. The molecule has 4 aromatic rings. The molecule has 0 unspecified atom stereocenters. The van der Waals surface area contributed by atoms with Gasteiger partial charge in [0.15, 0.2) is 0 Å². The maximum atomic E-state index is 18.4. The molecule has 0 bridgehead atoms. The molecule has 2 amide bonds. The van der Waals surface area contributed by atoms with Crippen LogP contribution in [0.1, 0.15) is 104 Å². The number of aryl methyl sites for hydroxylation is 2. The van der Waals surface area contributed by atoms with Gasteiger partial charge in [0.25, 0.3) is 0 Å². The average molecular weight is 895 g/mol. The van der Waals surface area contributed by atoms with E-state index in [1.165, 1.54) is 21.9 Å². The van der Waals surface area contributed by atoms with E-state index in [2.05, 4.69) is 0 Å². The van der Waals surface area contributed by atoms with Crippen molar-refractivity contribution in [3.05, 3.63) is 164 Å². The summed E-state index contributed by atoms with van der Waals surface area (Å²) in [7, 11) is 0. The number of anilines is 2. The summed E-state index contributed by atoms with van der Waals surface area (Å²) in [5.74, 6) is -4.45. The van der Waals surface area contributed by atoms with Gasteiger partial charge in [-0.1, -0.05) is 0 Å². The van der Waals surface area contributed by atoms with E-state index >= 15 is 17.6 Å². The molecule has 2 aliphatic carbocycles. The first kappa shape index (κ1) is 47.7. The molecule has 0 saturated heterocycles. The van der Waals surface area contributed by atoms with Crippen molar-refractivity contribution in [2.24, 2.45) is 10.8 Å². The van der Waals surface area contributed by atoms with E-state index in [9.17, 15) is 9.59 Å². The first-order valence-electron chi connectivity index (χ1n) is 22.6. The van der Waals surface area contributed by atoms with Gasteiger partial charge >= 0.3 is 378 Å². The van der Waals surface area contributed by atoms with Crippen molar-refractivity contribution >= 4 is 30.9 Å². The van der Waals surface area contributed by atoms with Crippen molar-refractivity contribution in [1.29, 1.82) is 0 Å². The van der Waals surface area contributed by atoms with Crippen molar-refractivity contribution in [1.82, 2.24) is 0 Å². The zero-order valence-corrected chi connectivity index (χ0v) is 39.3. The Hall–Kier alpha value is -4.79. The van der Waals surface area contributed by atoms with Crippen LogP contribution in [0.25, 0.3) is 0 Å². The van der Waals surface area contributed by atoms with Gasteiger partial charge in [0.05, 0.1) is 0 Å². The second kappa shape index (κ2) is 20.8. The molecule has 0 N–H and O–H groups in total. The van der Waals surface area contributed by atoms with Crippen molar-refractivity contribution in [2.45, 2.75) is 106 Å². The number of hydrogen-bond donors (Lipinski definition) is 0. The second-order valence-corrected chi connectivity index (χ2v) is 24.2. The summed E-state index contributed by atoms with van der Waals surface area (Å²) < 4.78 is 71.8. The Kier molecular flexibility index (Phi) is 15.8. The van der Waals surface area contributed by atoms with E-state index in [-0.39, 0.29) is 56.9 Å². The molecule has 4 aromatic carbocycles. The summed E-state index contributed by atoms with van der Waals surface area (Å²) in [4.78, 5) is 32.2. The van der Waals surface area contributed by atoms with E-state index in [1.807, 2.05) is 114 Å². The van der Waals surface area contributed by atoms with Gasteiger partial charge in [0, 0.05) is 0 Å². The fourth-order valence-electron chi connectivity index (χ4n) is 9.64. The molecule has 0 atom stereocenters. The van der Waals surface area contributed by atoms with Gasteiger partial charge < -0.3 is 0 Å². The van der Waals surface area contributed by atoms with Gasteiger partial charge in [0.1, 0.15) is 0 Å². The van der Waals surface area contributed by atoms with Crippen LogP contribution < -0.4 is 17.5 Å². The average Bonchev–Trinajstić information content (AvgIpc) is 4.01. The Labute approximate surface area is 375 Å². The molecule has 0 saturated carbocycles. The van der Waals surface area contributed by atoms with Crippen molar-refractivity contribution in [2.75, 3.05) is 22.9 Å². The predicted molar refractivity (Wildman–Crippen MR) is 247 cm³/mol. The van der Waals surface area contributed by atoms with E-state index < -0.39 is 50.7 Å². The zero-order chi connectivity index (χ0) is 45.4. The Morgan fingerprint density at radius 2 is 0.952 bits per heavy atom. The molecule has 0 aromatic heterocycles. The molecule has 2 aliphatic rings. The molecule has 6 rings (SSSR count). The number of allylic oxidation sites excluding steroid dienone is 8. The van der Waals surface area contributed by atoms with Crippen LogP contribution in [0.3, 0.4) is 0 Å². The first-order valence-corrected chi connectivity index (χ1v) is 25.7. The molecule has 0 aliphatic heterocycles. The van der Waals surface area contributed by atoms with Gasteiger partial charge in [-0.05, 0) is 0 Å². The van der Waals surface area contributed by atoms with Gasteiger partial charge in [-0.3, -0.25) is 0 Å². The topological polar surface area (TPSA) is 40.6 Å². The second-order valence-electron chi connectivity index (χ2n) is 18.3. The minimum absolute atomic E-state index is 0.113. The summed E-state index contributed by atoms with van der Waals surface area (Å²) in [5, 5.41) is 0. The number of halogens is 4. The summed E-state index contributed by atoms with van der Waals surface area (Å²) >= 11 is -5.39. The van der Waals surface area contributed by atoms with Crippen LogP contribution in [0.4, 0.5) is 28.9 Å². The standard InChI is InChI=1S/2C22H26F2NO.2C5H5.Ti/c2*1-4-14-22(2,3)21(26)25(20-13-12-18(23)16-19(20)24)15-8-11-17-9-6-5-7-10-17;2*1-2-4-5-3-1;/h2*5-7,9-10,12-13H,4,8,11,14-15H2,1-3H3;2*1-3H,4H2;. The normalized spacial score (nSPS) is 13.9. The van der Waals surface area contributed by atoms with Gasteiger partial charge in [-0.25, -0.2) is 0 Å². The van der Waals surface area contributed by atoms with Crippen LogP contribution in [-0.4, -0.2) is 24.9 Å². The summed E-state index contributed by atoms with van der Waals surface area (Å²) in [6.45, 7) is 11.6.